The van der Waals surface area contributed by atoms with E-state index in [0.29, 0.717) is 16.7 Å². The number of carbonyl (C=O) groups is 1. The topological polar surface area (TPSA) is 50.8 Å². The SMILES string of the molecule is CC(C)Oc1ccc(-c2ccc3c(c2)CCC(C)(C)C3NC(=O)O[C@@H]2CN3CCC2CC3)cc1Cl. The van der Waals surface area contributed by atoms with E-state index in [1.54, 1.807) is 0 Å². The first-order valence-corrected chi connectivity index (χ1v) is 13.4. The Kier molecular flexibility index (Phi) is 6.75. The van der Waals surface area contributed by atoms with Gasteiger partial charge in [0.05, 0.1) is 17.2 Å². The van der Waals surface area contributed by atoms with Crippen molar-refractivity contribution >= 4 is 17.7 Å². The zero-order valence-corrected chi connectivity index (χ0v) is 22.0. The van der Waals surface area contributed by atoms with Gasteiger partial charge in [-0.15, -0.1) is 0 Å². The Labute approximate surface area is 214 Å². The number of amides is 1. The summed E-state index contributed by atoms with van der Waals surface area (Å²) in [5.74, 6) is 1.21. The van der Waals surface area contributed by atoms with Gasteiger partial charge in [0.1, 0.15) is 11.9 Å². The van der Waals surface area contributed by atoms with Crippen molar-refractivity contribution in [2.24, 2.45) is 11.3 Å². The first-order valence-electron chi connectivity index (χ1n) is 13.0. The molecule has 188 valence electrons. The van der Waals surface area contributed by atoms with Gasteiger partial charge in [-0.25, -0.2) is 4.79 Å². The number of hydrogen-bond acceptors (Lipinski definition) is 4. The Bertz CT molecular complexity index is 1090. The minimum atomic E-state index is -0.286. The van der Waals surface area contributed by atoms with Gasteiger partial charge in [0, 0.05) is 6.54 Å². The number of nitrogens with one attached hydrogen (secondary N) is 1. The van der Waals surface area contributed by atoms with Crippen LogP contribution in [0.5, 0.6) is 5.75 Å². The van der Waals surface area contributed by atoms with Gasteiger partial charge in [-0.05, 0) is 98.3 Å². The van der Waals surface area contributed by atoms with E-state index < -0.39 is 0 Å². The second kappa shape index (κ2) is 9.67. The van der Waals surface area contributed by atoms with Crippen molar-refractivity contribution in [3.63, 3.8) is 0 Å². The van der Waals surface area contributed by atoms with E-state index in [1.165, 1.54) is 11.1 Å². The fraction of sp³-hybridized carbons (Fsp3) is 0.552. The first-order chi connectivity index (χ1) is 16.7. The molecule has 6 rings (SSSR count). The highest BCUT2D eigenvalue weighted by atomic mass is 35.5. The van der Waals surface area contributed by atoms with Crippen molar-refractivity contribution in [2.75, 3.05) is 19.6 Å². The van der Waals surface area contributed by atoms with Crippen LogP contribution >= 0.6 is 11.6 Å². The van der Waals surface area contributed by atoms with E-state index in [9.17, 15) is 4.79 Å². The third-order valence-electron chi connectivity index (χ3n) is 8.02. The molecule has 0 saturated carbocycles. The van der Waals surface area contributed by atoms with Gasteiger partial charge in [-0.3, -0.25) is 4.90 Å². The Morgan fingerprint density at radius 3 is 2.49 bits per heavy atom. The van der Waals surface area contributed by atoms with Gasteiger partial charge in [-0.2, -0.15) is 0 Å². The predicted octanol–water partition coefficient (Wildman–Crippen LogP) is 6.63. The molecule has 1 N–H and O–H groups in total. The highest BCUT2D eigenvalue weighted by Crippen LogP contribution is 2.45. The van der Waals surface area contributed by atoms with Crippen LogP contribution in [0.25, 0.3) is 11.1 Å². The zero-order chi connectivity index (χ0) is 24.7. The van der Waals surface area contributed by atoms with Crippen LogP contribution in [0.2, 0.25) is 5.02 Å². The molecule has 2 aromatic rings. The predicted molar refractivity (Wildman–Crippen MR) is 140 cm³/mol. The van der Waals surface area contributed by atoms with Crippen LogP contribution in [0.4, 0.5) is 4.79 Å². The zero-order valence-electron chi connectivity index (χ0n) is 21.3. The molecule has 3 heterocycles. The lowest BCUT2D eigenvalue weighted by Crippen LogP contribution is -2.53. The molecule has 2 aromatic carbocycles. The van der Waals surface area contributed by atoms with Crippen LogP contribution in [0, 0.1) is 11.3 Å². The van der Waals surface area contributed by atoms with Gasteiger partial charge >= 0.3 is 6.09 Å². The first kappa shape index (κ1) is 24.5. The van der Waals surface area contributed by atoms with Crippen molar-refractivity contribution in [3.05, 3.63) is 52.5 Å². The van der Waals surface area contributed by atoms with Crippen molar-refractivity contribution in [1.29, 1.82) is 0 Å². The molecule has 35 heavy (non-hydrogen) atoms. The summed E-state index contributed by atoms with van der Waals surface area (Å²) < 4.78 is 11.7. The van der Waals surface area contributed by atoms with Crippen molar-refractivity contribution < 1.29 is 14.3 Å². The van der Waals surface area contributed by atoms with Gasteiger partial charge in [-0.1, -0.05) is 49.7 Å². The van der Waals surface area contributed by atoms with Crippen LogP contribution in [0.15, 0.2) is 36.4 Å². The number of benzene rings is 2. The molecule has 2 atom stereocenters. The Hall–Kier alpha value is -2.24. The lowest BCUT2D eigenvalue weighted by Gasteiger charge is -2.44. The van der Waals surface area contributed by atoms with Crippen molar-refractivity contribution in [2.45, 2.75) is 71.6 Å². The lowest BCUT2D eigenvalue weighted by atomic mass is 9.70. The number of fused-ring (bicyclic) bond motifs is 4. The fourth-order valence-corrected chi connectivity index (χ4v) is 6.17. The summed E-state index contributed by atoms with van der Waals surface area (Å²) in [6.45, 7) is 11.6. The monoisotopic (exact) mass is 496 g/mol. The van der Waals surface area contributed by atoms with E-state index in [1.807, 2.05) is 26.0 Å². The third-order valence-corrected chi connectivity index (χ3v) is 8.31. The Morgan fingerprint density at radius 1 is 1.11 bits per heavy atom. The van der Waals surface area contributed by atoms with Crippen LogP contribution in [-0.4, -0.2) is 42.8 Å². The third kappa shape index (κ3) is 5.17. The average Bonchev–Trinajstić information content (AvgIpc) is 2.82. The molecule has 4 aliphatic rings. The van der Waals surface area contributed by atoms with E-state index >= 15 is 0 Å². The summed E-state index contributed by atoms with van der Waals surface area (Å²) >= 11 is 6.50. The normalized spacial score (nSPS) is 26.8. The summed E-state index contributed by atoms with van der Waals surface area (Å²) in [6.07, 6.45) is 4.04. The highest BCUT2D eigenvalue weighted by Gasteiger charge is 2.40. The summed E-state index contributed by atoms with van der Waals surface area (Å²) in [4.78, 5) is 15.4. The van der Waals surface area contributed by atoms with Crippen LogP contribution in [-0.2, 0) is 11.2 Å². The molecule has 2 bridgehead atoms. The molecule has 0 radical (unpaired) electrons. The standard InChI is InChI=1S/C29H37ClN2O3/c1-18(2)34-25-8-6-21(16-24(25)30)20-5-7-23-22(15-20)9-12-29(3,4)27(23)31-28(33)35-26-17-32-13-10-19(26)11-14-32/h5-8,15-16,18-19,26-27H,9-14,17H2,1-4H3,(H,31,33)/t26-,27?/m1/s1. The molecule has 6 heteroatoms. The maximum Gasteiger partial charge on any atom is 0.407 e. The summed E-state index contributed by atoms with van der Waals surface area (Å²) in [6, 6.07) is 12.4. The quantitative estimate of drug-likeness (QED) is 0.504. The lowest BCUT2D eigenvalue weighted by molar-refractivity contribution is -0.0353. The molecule has 3 fully saturated rings. The van der Waals surface area contributed by atoms with Gasteiger partial charge < -0.3 is 14.8 Å². The number of nitrogens with zero attached hydrogens (tertiary/aromatic N) is 1. The fourth-order valence-electron chi connectivity index (χ4n) is 5.94. The summed E-state index contributed by atoms with van der Waals surface area (Å²) in [7, 11) is 0. The highest BCUT2D eigenvalue weighted by molar-refractivity contribution is 6.32. The van der Waals surface area contributed by atoms with Crippen LogP contribution in [0.3, 0.4) is 0 Å². The summed E-state index contributed by atoms with van der Waals surface area (Å²) in [5, 5.41) is 3.86. The van der Waals surface area contributed by atoms with Gasteiger partial charge in [0.2, 0.25) is 0 Å². The molecule has 3 saturated heterocycles. The number of hydrogen-bond donors (Lipinski definition) is 1. The Morgan fingerprint density at radius 2 is 1.83 bits per heavy atom. The van der Waals surface area contributed by atoms with E-state index in [0.717, 1.165) is 56.4 Å². The van der Waals surface area contributed by atoms with Crippen LogP contribution < -0.4 is 10.1 Å². The molecule has 1 amide bonds. The van der Waals surface area contributed by atoms with E-state index in [2.05, 4.69) is 48.3 Å². The number of rotatable bonds is 5. The molecule has 1 aliphatic carbocycles. The Balaban J connectivity index is 1.34. The number of ether oxygens (including phenoxy) is 2. The second-order valence-corrected chi connectivity index (χ2v) is 11.8. The van der Waals surface area contributed by atoms with Crippen molar-refractivity contribution in [3.8, 4) is 16.9 Å². The molecule has 1 unspecified atom stereocenters. The maximum absolute atomic E-state index is 13.0. The molecule has 3 aliphatic heterocycles. The van der Waals surface area contributed by atoms with E-state index in [-0.39, 0.29) is 29.8 Å². The molecule has 5 nitrogen and oxygen atoms in total. The second-order valence-electron chi connectivity index (χ2n) is 11.4. The van der Waals surface area contributed by atoms with Gasteiger partial charge in [0.15, 0.2) is 0 Å². The number of piperidine rings is 3. The van der Waals surface area contributed by atoms with Crippen LogP contribution in [0.1, 0.15) is 64.1 Å². The largest absolute Gasteiger partial charge is 0.489 e. The molecule has 0 spiro atoms. The van der Waals surface area contributed by atoms with E-state index in [4.69, 9.17) is 21.1 Å². The molecular weight excluding hydrogens is 460 g/mol. The minimum Gasteiger partial charge on any atom is -0.489 e. The number of aryl methyl sites for hydroxylation is 1. The maximum atomic E-state index is 13.0. The summed E-state index contributed by atoms with van der Waals surface area (Å²) in [5.41, 5.74) is 4.58. The van der Waals surface area contributed by atoms with Gasteiger partial charge in [0.25, 0.3) is 0 Å². The minimum absolute atomic E-state index is 0.0124. The van der Waals surface area contributed by atoms with Crippen molar-refractivity contribution in [1.82, 2.24) is 10.2 Å². The molecule has 0 aromatic heterocycles. The number of halogens is 1. The average molecular weight is 497 g/mol. The molecular formula is C29H37ClN2O3. The number of alkyl carbamates (subject to hydrolysis) is 1. The number of carbonyl (C=O) groups excluding carboxylic acids is 1. The smallest absolute Gasteiger partial charge is 0.407 e.